The van der Waals surface area contributed by atoms with Crippen molar-refractivity contribution >= 4 is 17.0 Å². The SMILES string of the molecule is C[C@@H](NCc1cscn1)c1cc(F)ccc1N1CCN(C)CC1. The van der Waals surface area contributed by atoms with E-state index in [9.17, 15) is 4.39 Å². The number of piperazine rings is 1. The lowest BCUT2D eigenvalue weighted by molar-refractivity contribution is 0.312. The number of nitrogens with zero attached hydrogens (tertiary/aromatic N) is 3. The van der Waals surface area contributed by atoms with Gasteiger partial charge in [-0.15, -0.1) is 11.3 Å². The highest BCUT2D eigenvalue weighted by Crippen LogP contribution is 2.28. The van der Waals surface area contributed by atoms with Gasteiger partial charge in [0, 0.05) is 49.8 Å². The lowest BCUT2D eigenvalue weighted by Crippen LogP contribution is -2.45. The molecule has 0 aliphatic carbocycles. The topological polar surface area (TPSA) is 31.4 Å². The standard InChI is InChI=1S/C17H23FN4S/c1-13(19-10-15-11-23-12-20-15)16-9-14(18)3-4-17(16)22-7-5-21(2)6-8-22/h3-4,9,11-13,19H,5-8,10H2,1-2H3/t13-/m1/s1. The molecule has 0 amide bonds. The maximum Gasteiger partial charge on any atom is 0.123 e. The molecule has 1 aromatic carbocycles. The first-order chi connectivity index (χ1) is 11.1. The van der Waals surface area contributed by atoms with Gasteiger partial charge in [0.05, 0.1) is 11.2 Å². The van der Waals surface area contributed by atoms with Gasteiger partial charge in [-0.1, -0.05) is 0 Å². The van der Waals surface area contributed by atoms with Crippen molar-refractivity contribution in [3.63, 3.8) is 0 Å². The number of benzene rings is 1. The van der Waals surface area contributed by atoms with Gasteiger partial charge in [0.1, 0.15) is 5.82 Å². The fraction of sp³-hybridized carbons (Fsp3) is 0.471. The number of likely N-dealkylation sites (N-methyl/N-ethyl adjacent to an activating group) is 1. The van der Waals surface area contributed by atoms with Crippen LogP contribution in [-0.4, -0.2) is 43.1 Å². The Morgan fingerprint density at radius 1 is 1.30 bits per heavy atom. The summed E-state index contributed by atoms with van der Waals surface area (Å²) < 4.78 is 13.8. The van der Waals surface area contributed by atoms with Gasteiger partial charge in [0.25, 0.3) is 0 Å². The van der Waals surface area contributed by atoms with Crippen LogP contribution in [0.1, 0.15) is 24.2 Å². The summed E-state index contributed by atoms with van der Waals surface area (Å²) in [6.45, 7) is 6.82. The van der Waals surface area contributed by atoms with E-state index in [4.69, 9.17) is 0 Å². The van der Waals surface area contributed by atoms with E-state index in [1.54, 1.807) is 23.5 Å². The summed E-state index contributed by atoms with van der Waals surface area (Å²) in [5.74, 6) is -0.180. The number of rotatable bonds is 5. The third-order valence-electron chi connectivity index (χ3n) is 4.37. The summed E-state index contributed by atoms with van der Waals surface area (Å²) in [6, 6.07) is 5.20. The number of aromatic nitrogens is 1. The molecule has 0 radical (unpaired) electrons. The molecule has 124 valence electrons. The molecule has 1 N–H and O–H groups in total. The second-order valence-corrected chi connectivity index (χ2v) is 6.79. The second kappa shape index (κ2) is 7.38. The summed E-state index contributed by atoms with van der Waals surface area (Å²) in [5.41, 5.74) is 5.02. The van der Waals surface area contributed by atoms with Crippen LogP contribution in [0.4, 0.5) is 10.1 Å². The third-order valence-corrected chi connectivity index (χ3v) is 5.01. The highest BCUT2D eigenvalue weighted by molar-refractivity contribution is 7.07. The summed E-state index contributed by atoms with van der Waals surface area (Å²) in [5, 5.41) is 5.49. The summed E-state index contributed by atoms with van der Waals surface area (Å²) in [6.07, 6.45) is 0. The van der Waals surface area contributed by atoms with E-state index in [1.807, 2.05) is 17.0 Å². The number of halogens is 1. The van der Waals surface area contributed by atoms with E-state index in [-0.39, 0.29) is 11.9 Å². The van der Waals surface area contributed by atoms with Crippen molar-refractivity contribution in [1.29, 1.82) is 0 Å². The van der Waals surface area contributed by atoms with Crippen molar-refractivity contribution < 1.29 is 4.39 Å². The molecule has 4 nitrogen and oxygen atoms in total. The monoisotopic (exact) mass is 334 g/mol. The molecule has 2 heterocycles. The van der Waals surface area contributed by atoms with E-state index < -0.39 is 0 Å². The van der Waals surface area contributed by atoms with Gasteiger partial charge in [-0.05, 0) is 37.7 Å². The van der Waals surface area contributed by atoms with Gasteiger partial charge in [0.2, 0.25) is 0 Å². The van der Waals surface area contributed by atoms with E-state index in [0.29, 0.717) is 6.54 Å². The van der Waals surface area contributed by atoms with Crippen LogP contribution < -0.4 is 10.2 Å². The average Bonchev–Trinajstić information content (AvgIpc) is 3.07. The quantitative estimate of drug-likeness (QED) is 0.911. The van der Waals surface area contributed by atoms with Crippen molar-refractivity contribution in [2.45, 2.75) is 19.5 Å². The molecular formula is C17H23FN4S. The molecule has 1 fully saturated rings. The zero-order chi connectivity index (χ0) is 16.2. The Kier molecular flexibility index (Phi) is 5.25. The number of hydrogen-bond donors (Lipinski definition) is 1. The van der Waals surface area contributed by atoms with Crippen LogP contribution in [0.5, 0.6) is 0 Å². The molecule has 0 saturated carbocycles. The first-order valence-electron chi connectivity index (χ1n) is 7.97. The Balaban J connectivity index is 1.75. The highest BCUT2D eigenvalue weighted by atomic mass is 32.1. The number of hydrogen-bond acceptors (Lipinski definition) is 5. The lowest BCUT2D eigenvalue weighted by Gasteiger charge is -2.36. The summed E-state index contributed by atoms with van der Waals surface area (Å²) >= 11 is 1.59. The Morgan fingerprint density at radius 3 is 2.78 bits per heavy atom. The van der Waals surface area contributed by atoms with Crippen LogP contribution in [0.2, 0.25) is 0 Å². The fourth-order valence-corrected chi connectivity index (χ4v) is 3.46. The van der Waals surface area contributed by atoms with Crippen molar-refractivity contribution in [1.82, 2.24) is 15.2 Å². The van der Waals surface area contributed by atoms with Gasteiger partial charge in [-0.25, -0.2) is 9.37 Å². The fourth-order valence-electron chi connectivity index (χ4n) is 2.90. The van der Waals surface area contributed by atoms with E-state index in [0.717, 1.165) is 43.1 Å². The molecule has 2 aromatic rings. The molecule has 0 bridgehead atoms. The Morgan fingerprint density at radius 2 is 2.09 bits per heavy atom. The maximum atomic E-state index is 13.8. The molecule has 1 aliphatic heterocycles. The first kappa shape index (κ1) is 16.4. The maximum absolute atomic E-state index is 13.8. The predicted molar refractivity (Wildman–Crippen MR) is 93.5 cm³/mol. The van der Waals surface area contributed by atoms with Crippen LogP contribution in [-0.2, 0) is 6.54 Å². The normalized spacial score (nSPS) is 17.4. The summed E-state index contributed by atoms with van der Waals surface area (Å²) in [4.78, 5) is 8.97. The second-order valence-electron chi connectivity index (χ2n) is 6.08. The third kappa shape index (κ3) is 4.07. The lowest BCUT2D eigenvalue weighted by atomic mass is 10.0. The molecule has 1 atom stereocenters. The molecule has 6 heteroatoms. The minimum absolute atomic E-state index is 0.0713. The molecule has 1 saturated heterocycles. The molecule has 23 heavy (non-hydrogen) atoms. The van der Waals surface area contributed by atoms with E-state index in [1.165, 1.54) is 0 Å². The zero-order valence-electron chi connectivity index (χ0n) is 13.6. The summed E-state index contributed by atoms with van der Waals surface area (Å²) in [7, 11) is 2.14. The van der Waals surface area contributed by atoms with Gasteiger partial charge in [-0.2, -0.15) is 0 Å². The first-order valence-corrected chi connectivity index (χ1v) is 8.91. The van der Waals surface area contributed by atoms with Gasteiger partial charge >= 0.3 is 0 Å². The van der Waals surface area contributed by atoms with Gasteiger partial charge in [0.15, 0.2) is 0 Å². The predicted octanol–water partition coefficient (Wildman–Crippen LogP) is 2.88. The zero-order valence-corrected chi connectivity index (χ0v) is 14.4. The molecular weight excluding hydrogens is 311 g/mol. The number of nitrogens with one attached hydrogen (secondary N) is 1. The van der Waals surface area contributed by atoms with Crippen LogP contribution in [0.25, 0.3) is 0 Å². The smallest absolute Gasteiger partial charge is 0.123 e. The minimum atomic E-state index is -0.180. The Labute approximate surface area is 140 Å². The van der Waals surface area contributed by atoms with E-state index in [2.05, 4.69) is 34.1 Å². The molecule has 0 spiro atoms. The van der Waals surface area contributed by atoms with Crippen LogP contribution in [0.15, 0.2) is 29.1 Å². The minimum Gasteiger partial charge on any atom is -0.369 e. The van der Waals surface area contributed by atoms with Crippen molar-refractivity contribution in [2.24, 2.45) is 0 Å². The Hall–Kier alpha value is -1.50. The van der Waals surface area contributed by atoms with Crippen molar-refractivity contribution in [2.75, 3.05) is 38.1 Å². The van der Waals surface area contributed by atoms with Crippen LogP contribution in [0, 0.1) is 5.82 Å². The molecule has 1 aliphatic rings. The number of thiazole rings is 1. The molecule has 1 aromatic heterocycles. The van der Waals surface area contributed by atoms with Crippen molar-refractivity contribution in [3.8, 4) is 0 Å². The van der Waals surface area contributed by atoms with Crippen molar-refractivity contribution in [3.05, 3.63) is 46.2 Å². The van der Waals surface area contributed by atoms with Crippen LogP contribution in [0.3, 0.4) is 0 Å². The Bertz CT molecular complexity index is 624. The number of anilines is 1. The van der Waals surface area contributed by atoms with Gasteiger partial charge in [-0.3, -0.25) is 0 Å². The van der Waals surface area contributed by atoms with Gasteiger partial charge < -0.3 is 15.1 Å². The highest BCUT2D eigenvalue weighted by Gasteiger charge is 2.20. The largest absolute Gasteiger partial charge is 0.369 e. The molecule has 0 unspecified atom stereocenters. The van der Waals surface area contributed by atoms with E-state index >= 15 is 0 Å². The average molecular weight is 334 g/mol. The molecule has 3 rings (SSSR count). The van der Waals surface area contributed by atoms with Crippen LogP contribution >= 0.6 is 11.3 Å².